The highest BCUT2D eigenvalue weighted by molar-refractivity contribution is 5.81. The highest BCUT2D eigenvalue weighted by Gasteiger charge is 1.95. The van der Waals surface area contributed by atoms with Gasteiger partial charge < -0.3 is 4.84 Å². The summed E-state index contributed by atoms with van der Waals surface area (Å²) in [6.07, 6.45) is 7.44. The third-order valence-electron chi connectivity index (χ3n) is 3.12. The minimum absolute atomic E-state index is 0.534. The molecular formula is C17H24N2O. The Kier molecular flexibility index (Phi) is 8.97. The average Bonchev–Trinajstić information content (AvgIpc) is 2.47. The summed E-state index contributed by atoms with van der Waals surface area (Å²) in [6.45, 7) is 2.55. The van der Waals surface area contributed by atoms with Crippen LogP contribution in [0.1, 0.15) is 57.4 Å². The van der Waals surface area contributed by atoms with Crippen molar-refractivity contribution >= 4 is 5.71 Å². The molecule has 0 bridgehead atoms. The van der Waals surface area contributed by atoms with Crippen molar-refractivity contribution in [2.75, 3.05) is 0 Å². The van der Waals surface area contributed by atoms with E-state index in [4.69, 9.17) is 10.1 Å². The number of oxime groups is 1. The summed E-state index contributed by atoms with van der Waals surface area (Å²) < 4.78 is 0. The number of rotatable bonds is 10. The van der Waals surface area contributed by atoms with Crippen LogP contribution in [-0.2, 0) is 11.4 Å². The van der Waals surface area contributed by atoms with Crippen molar-refractivity contribution in [2.45, 2.75) is 58.5 Å². The molecule has 0 radical (unpaired) electrons. The fraction of sp³-hybridized carbons (Fsp3) is 0.529. The Balaban J connectivity index is 2.03. The maximum absolute atomic E-state index is 8.43. The number of hydrogen-bond donors (Lipinski definition) is 0. The maximum Gasteiger partial charge on any atom is 0.142 e. The molecule has 3 heteroatoms. The summed E-state index contributed by atoms with van der Waals surface area (Å²) in [5, 5.41) is 12.6. The molecule has 0 heterocycles. The van der Waals surface area contributed by atoms with Crippen LogP contribution in [0.15, 0.2) is 35.5 Å². The second-order valence-electron chi connectivity index (χ2n) is 5.01. The number of hydrogen-bond acceptors (Lipinski definition) is 3. The summed E-state index contributed by atoms with van der Waals surface area (Å²) in [5.74, 6) is 0. The van der Waals surface area contributed by atoms with E-state index in [1.807, 2.05) is 37.3 Å². The molecular weight excluding hydrogens is 248 g/mol. The Morgan fingerprint density at radius 2 is 1.80 bits per heavy atom. The van der Waals surface area contributed by atoms with Crippen LogP contribution < -0.4 is 0 Å². The van der Waals surface area contributed by atoms with Gasteiger partial charge in [-0.1, -0.05) is 54.8 Å². The fourth-order valence-electron chi connectivity index (χ4n) is 1.95. The lowest BCUT2D eigenvalue weighted by molar-refractivity contribution is 0.129. The first-order chi connectivity index (χ1) is 9.83. The summed E-state index contributed by atoms with van der Waals surface area (Å²) in [5.41, 5.74) is 2.19. The molecule has 1 aromatic carbocycles. The minimum Gasteiger partial charge on any atom is -0.391 e. The lowest BCUT2D eigenvalue weighted by Gasteiger charge is -2.03. The molecule has 0 spiro atoms. The SMILES string of the molecule is CC(CCCCCCCC#N)=NOCc1ccccc1. The molecule has 0 saturated carbocycles. The Hall–Kier alpha value is -1.82. The predicted molar refractivity (Wildman–Crippen MR) is 82.3 cm³/mol. The van der Waals surface area contributed by atoms with Crippen LogP contribution in [0, 0.1) is 11.3 Å². The smallest absolute Gasteiger partial charge is 0.142 e. The molecule has 0 atom stereocenters. The monoisotopic (exact) mass is 272 g/mol. The first-order valence-corrected chi connectivity index (χ1v) is 7.39. The van der Waals surface area contributed by atoms with E-state index in [-0.39, 0.29) is 0 Å². The van der Waals surface area contributed by atoms with Gasteiger partial charge in [-0.15, -0.1) is 0 Å². The Morgan fingerprint density at radius 3 is 2.55 bits per heavy atom. The van der Waals surface area contributed by atoms with Gasteiger partial charge in [0.25, 0.3) is 0 Å². The molecule has 0 unspecified atom stereocenters. The first kappa shape index (κ1) is 16.2. The first-order valence-electron chi connectivity index (χ1n) is 7.39. The van der Waals surface area contributed by atoms with Crippen LogP contribution in [-0.4, -0.2) is 5.71 Å². The zero-order chi connectivity index (χ0) is 14.5. The summed E-state index contributed by atoms with van der Waals surface area (Å²) in [6, 6.07) is 12.2. The largest absolute Gasteiger partial charge is 0.391 e. The van der Waals surface area contributed by atoms with E-state index in [0.717, 1.165) is 37.0 Å². The number of benzene rings is 1. The van der Waals surface area contributed by atoms with Crippen molar-refractivity contribution in [2.24, 2.45) is 5.16 Å². The van der Waals surface area contributed by atoms with Gasteiger partial charge in [0.2, 0.25) is 0 Å². The predicted octanol–water partition coefficient (Wildman–Crippen LogP) is 4.83. The van der Waals surface area contributed by atoms with Gasteiger partial charge in [0.05, 0.1) is 11.8 Å². The van der Waals surface area contributed by atoms with Crippen LogP contribution in [0.3, 0.4) is 0 Å². The molecule has 0 aliphatic rings. The van der Waals surface area contributed by atoms with Gasteiger partial charge in [0.1, 0.15) is 6.61 Å². The van der Waals surface area contributed by atoms with E-state index in [0.29, 0.717) is 13.0 Å². The van der Waals surface area contributed by atoms with Gasteiger partial charge in [0, 0.05) is 6.42 Å². The summed E-state index contributed by atoms with van der Waals surface area (Å²) in [4.78, 5) is 5.34. The topological polar surface area (TPSA) is 45.4 Å². The van der Waals surface area contributed by atoms with E-state index in [9.17, 15) is 0 Å². The van der Waals surface area contributed by atoms with E-state index in [2.05, 4.69) is 11.2 Å². The Morgan fingerprint density at radius 1 is 1.10 bits per heavy atom. The highest BCUT2D eigenvalue weighted by Crippen LogP contribution is 2.08. The van der Waals surface area contributed by atoms with E-state index in [1.165, 1.54) is 12.8 Å². The molecule has 108 valence electrons. The van der Waals surface area contributed by atoms with Crippen molar-refractivity contribution in [3.8, 4) is 6.07 Å². The van der Waals surface area contributed by atoms with Gasteiger partial charge in [-0.05, 0) is 31.7 Å². The zero-order valence-electron chi connectivity index (χ0n) is 12.3. The van der Waals surface area contributed by atoms with Crippen molar-refractivity contribution in [1.29, 1.82) is 5.26 Å². The molecule has 3 nitrogen and oxygen atoms in total. The standard InChI is InChI=1S/C17H24N2O/c1-16(11-7-4-2-3-5-10-14-18)19-20-15-17-12-8-6-9-13-17/h6,8-9,12-13H,2-5,7,10-11,15H2,1H3. The molecule has 0 saturated heterocycles. The van der Waals surface area contributed by atoms with Crippen LogP contribution in [0.5, 0.6) is 0 Å². The van der Waals surface area contributed by atoms with Crippen molar-refractivity contribution < 1.29 is 4.84 Å². The number of nitrogens with zero attached hydrogens (tertiary/aromatic N) is 2. The second kappa shape index (κ2) is 11.0. The van der Waals surface area contributed by atoms with Gasteiger partial charge in [0.15, 0.2) is 0 Å². The molecule has 0 aromatic heterocycles. The number of unbranched alkanes of at least 4 members (excludes halogenated alkanes) is 5. The van der Waals surface area contributed by atoms with Gasteiger partial charge in [-0.2, -0.15) is 5.26 Å². The van der Waals surface area contributed by atoms with Gasteiger partial charge in [-0.3, -0.25) is 0 Å². The average molecular weight is 272 g/mol. The molecule has 1 rings (SSSR count). The molecule has 0 aliphatic carbocycles. The quantitative estimate of drug-likeness (QED) is 0.348. The molecule has 0 N–H and O–H groups in total. The maximum atomic E-state index is 8.43. The Labute approximate surface area is 122 Å². The normalized spacial score (nSPS) is 11.1. The second-order valence-corrected chi connectivity index (χ2v) is 5.01. The van der Waals surface area contributed by atoms with E-state index in [1.54, 1.807) is 0 Å². The molecule has 1 aromatic rings. The summed E-state index contributed by atoms with van der Waals surface area (Å²) in [7, 11) is 0. The van der Waals surface area contributed by atoms with Crippen molar-refractivity contribution in [1.82, 2.24) is 0 Å². The minimum atomic E-state index is 0.534. The van der Waals surface area contributed by atoms with Crippen molar-refractivity contribution in [3.63, 3.8) is 0 Å². The van der Waals surface area contributed by atoms with E-state index < -0.39 is 0 Å². The van der Waals surface area contributed by atoms with Gasteiger partial charge in [-0.25, -0.2) is 0 Å². The van der Waals surface area contributed by atoms with Crippen molar-refractivity contribution in [3.05, 3.63) is 35.9 Å². The van der Waals surface area contributed by atoms with Gasteiger partial charge >= 0.3 is 0 Å². The Bertz CT molecular complexity index is 420. The van der Waals surface area contributed by atoms with Crippen LogP contribution in [0.4, 0.5) is 0 Å². The lowest BCUT2D eigenvalue weighted by Crippen LogP contribution is -1.95. The zero-order valence-corrected chi connectivity index (χ0v) is 12.3. The molecule has 0 fully saturated rings. The molecule has 0 aliphatic heterocycles. The van der Waals surface area contributed by atoms with E-state index >= 15 is 0 Å². The number of nitriles is 1. The van der Waals surface area contributed by atoms with Crippen LogP contribution >= 0.6 is 0 Å². The lowest BCUT2D eigenvalue weighted by atomic mass is 10.1. The highest BCUT2D eigenvalue weighted by atomic mass is 16.6. The van der Waals surface area contributed by atoms with Crippen LogP contribution in [0.2, 0.25) is 0 Å². The summed E-state index contributed by atoms with van der Waals surface area (Å²) >= 11 is 0. The third kappa shape index (κ3) is 8.31. The third-order valence-corrected chi connectivity index (χ3v) is 3.12. The molecule has 20 heavy (non-hydrogen) atoms. The fourth-order valence-corrected chi connectivity index (χ4v) is 1.95. The van der Waals surface area contributed by atoms with Crippen LogP contribution in [0.25, 0.3) is 0 Å². The molecule has 0 amide bonds.